The Morgan fingerprint density at radius 2 is 0.864 bits per heavy atom. The second kappa shape index (κ2) is 4.64. The van der Waals surface area contributed by atoms with Crippen molar-refractivity contribution in [2.24, 2.45) is 0 Å². The van der Waals surface area contributed by atoms with Gasteiger partial charge in [-0.3, -0.25) is 9.59 Å². The van der Waals surface area contributed by atoms with Crippen LogP contribution in [0.25, 0.3) is 0 Å². The highest BCUT2D eigenvalue weighted by molar-refractivity contribution is 6.29. The number of aryl methyl sites for hydroxylation is 2. The van der Waals surface area contributed by atoms with Crippen molar-refractivity contribution in [1.82, 2.24) is 0 Å². The summed E-state index contributed by atoms with van der Waals surface area (Å²) < 4.78 is 0. The summed E-state index contributed by atoms with van der Waals surface area (Å²) in [5.74, 6) is -0.0344. The Kier molecular flexibility index (Phi) is 3.10. The van der Waals surface area contributed by atoms with E-state index in [1.807, 2.05) is 53.7 Å². The van der Waals surface area contributed by atoms with Crippen LogP contribution in [0.15, 0.2) is 12.1 Å². The van der Waals surface area contributed by atoms with Crippen LogP contribution < -0.4 is 0 Å². The SMILES string of the molecule is Cc1cc2c(c(C)c1C)C(=O)c1cc(C)c(C)c(C)c1C2=O. The molecule has 0 atom stereocenters. The second-order valence-corrected chi connectivity index (χ2v) is 6.39. The third kappa shape index (κ3) is 1.73. The van der Waals surface area contributed by atoms with Gasteiger partial charge in [0.25, 0.3) is 0 Å². The molecule has 0 aliphatic heterocycles. The lowest BCUT2D eigenvalue weighted by atomic mass is 9.77. The molecule has 1 aliphatic rings. The maximum absolute atomic E-state index is 13.0. The van der Waals surface area contributed by atoms with Crippen LogP contribution in [-0.4, -0.2) is 11.6 Å². The van der Waals surface area contributed by atoms with Gasteiger partial charge in [-0.25, -0.2) is 0 Å². The molecule has 3 rings (SSSR count). The summed E-state index contributed by atoms with van der Waals surface area (Å²) in [6, 6.07) is 3.74. The van der Waals surface area contributed by atoms with E-state index in [1.54, 1.807) is 0 Å². The maximum Gasteiger partial charge on any atom is 0.194 e. The number of hydrogen-bond donors (Lipinski definition) is 0. The molecule has 0 radical (unpaired) electrons. The first-order chi connectivity index (χ1) is 10.3. The molecule has 0 amide bonds. The molecular weight excluding hydrogens is 272 g/mol. The van der Waals surface area contributed by atoms with E-state index < -0.39 is 0 Å². The number of carbonyl (C=O) groups excluding carboxylic acids is 2. The van der Waals surface area contributed by atoms with Crippen LogP contribution in [-0.2, 0) is 0 Å². The third-order valence-electron chi connectivity index (χ3n) is 5.26. The van der Waals surface area contributed by atoms with Crippen LogP contribution in [0.1, 0.15) is 65.2 Å². The summed E-state index contributed by atoms with van der Waals surface area (Å²) in [4.78, 5) is 26.0. The first-order valence-electron chi connectivity index (χ1n) is 7.56. The minimum absolute atomic E-state index is 0.0172. The highest BCUT2D eigenvalue weighted by Gasteiger charge is 2.33. The number of hydrogen-bond acceptors (Lipinski definition) is 2. The minimum atomic E-state index is -0.0172. The fraction of sp³-hybridized carbons (Fsp3) is 0.300. The molecule has 0 bridgehead atoms. The lowest BCUT2D eigenvalue weighted by Gasteiger charge is -2.24. The summed E-state index contributed by atoms with van der Waals surface area (Å²) in [5.41, 5.74) is 8.43. The Hall–Kier alpha value is -2.22. The fourth-order valence-electron chi connectivity index (χ4n) is 3.38. The Balaban J connectivity index is 2.43. The number of rotatable bonds is 0. The monoisotopic (exact) mass is 292 g/mol. The van der Waals surface area contributed by atoms with E-state index in [0.717, 1.165) is 33.4 Å². The van der Waals surface area contributed by atoms with Crippen LogP contribution in [0.5, 0.6) is 0 Å². The maximum atomic E-state index is 13.0. The van der Waals surface area contributed by atoms with E-state index >= 15 is 0 Å². The second-order valence-electron chi connectivity index (χ2n) is 6.39. The summed E-state index contributed by atoms with van der Waals surface area (Å²) in [5, 5.41) is 0. The summed E-state index contributed by atoms with van der Waals surface area (Å²) in [6.45, 7) is 11.9. The normalized spacial score (nSPS) is 13.2. The van der Waals surface area contributed by atoms with Gasteiger partial charge in [-0.05, 0) is 87.1 Å². The topological polar surface area (TPSA) is 34.1 Å². The molecule has 0 saturated carbocycles. The largest absolute Gasteiger partial charge is 0.289 e. The Labute approximate surface area is 131 Å². The molecule has 0 aromatic heterocycles. The van der Waals surface area contributed by atoms with Crippen molar-refractivity contribution in [2.45, 2.75) is 41.5 Å². The van der Waals surface area contributed by atoms with Crippen LogP contribution in [0.4, 0.5) is 0 Å². The molecule has 0 saturated heterocycles. The first kappa shape index (κ1) is 14.7. The molecule has 22 heavy (non-hydrogen) atoms. The fourth-order valence-corrected chi connectivity index (χ4v) is 3.38. The minimum Gasteiger partial charge on any atom is -0.289 e. The summed E-state index contributed by atoms with van der Waals surface area (Å²) >= 11 is 0. The first-order valence-corrected chi connectivity index (χ1v) is 7.56. The molecule has 0 unspecified atom stereocenters. The van der Waals surface area contributed by atoms with Gasteiger partial charge in [-0.15, -0.1) is 0 Å². The lowest BCUT2D eigenvalue weighted by Crippen LogP contribution is -2.24. The van der Waals surface area contributed by atoms with Crippen molar-refractivity contribution >= 4 is 11.6 Å². The molecular formula is C20H20O2. The van der Waals surface area contributed by atoms with Crippen LogP contribution in [0, 0.1) is 41.5 Å². The number of ketones is 2. The van der Waals surface area contributed by atoms with E-state index in [1.165, 1.54) is 0 Å². The van der Waals surface area contributed by atoms with Gasteiger partial charge in [0.2, 0.25) is 0 Å². The van der Waals surface area contributed by atoms with Crippen molar-refractivity contribution in [2.75, 3.05) is 0 Å². The molecule has 2 aromatic carbocycles. The highest BCUT2D eigenvalue weighted by atomic mass is 16.1. The van der Waals surface area contributed by atoms with Gasteiger partial charge in [0.05, 0.1) is 0 Å². The quantitative estimate of drug-likeness (QED) is 0.618. The zero-order valence-electron chi connectivity index (χ0n) is 14.0. The zero-order valence-corrected chi connectivity index (χ0v) is 14.0. The average Bonchev–Trinajstić information content (AvgIpc) is 2.47. The van der Waals surface area contributed by atoms with Crippen LogP contribution in [0.2, 0.25) is 0 Å². The van der Waals surface area contributed by atoms with E-state index in [9.17, 15) is 9.59 Å². The molecule has 0 N–H and O–H groups in total. The van der Waals surface area contributed by atoms with Crippen molar-refractivity contribution in [1.29, 1.82) is 0 Å². The predicted molar refractivity (Wildman–Crippen MR) is 88.2 cm³/mol. The van der Waals surface area contributed by atoms with Gasteiger partial charge in [-0.2, -0.15) is 0 Å². The van der Waals surface area contributed by atoms with E-state index in [-0.39, 0.29) is 11.6 Å². The van der Waals surface area contributed by atoms with Gasteiger partial charge >= 0.3 is 0 Å². The molecule has 1 aliphatic carbocycles. The molecule has 0 fully saturated rings. The van der Waals surface area contributed by atoms with Gasteiger partial charge in [0.1, 0.15) is 0 Å². The van der Waals surface area contributed by atoms with Gasteiger partial charge in [0, 0.05) is 22.3 Å². The summed E-state index contributed by atoms with van der Waals surface area (Å²) in [6.07, 6.45) is 0. The standard InChI is InChI=1S/C20H20O2/c1-9-7-15-17(13(5)11(9)3)20(22)16-8-10(2)12(4)14(6)18(16)19(15)21/h7-8H,1-6H3. The van der Waals surface area contributed by atoms with Gasteiger partial charge < -0.3 is 0 Å². The van der Waals surface area contributed by atoms with E-state index in [2.05, 4.69) is 0 Å². The average molecular weight is 292 g/mol. The molecule has 112 valence electrons. The third-order valence-corrected chi connectivity index (χ3v) is 5.26. The Morgan fingerprint density at radius 3 is 1.18 bits per heavy atom. The lowest BCUT2D eigenvalue weighted by molar-refractivity contribution is 0.0977. The predicted octanol–water partition coefficient (Wildman–Crippen LogP) is 4.31. The van der Waals surface area contributed by atoms with Gasteiger partial charge in [0.15, 0.2) is 11.6 Å². The Morgan fingerprint density at radius 1 is 0.545 bits per heavy atom. The van der Waals surface area contributed by atoms with Crippen molar-refractivity contribution in [3.63, 3.8) is 0 Å². The number of benzene rings is 2. The van der Waals surface area contributed by atoms with Crippen molar-refractivity contribution in [3.8, 4) is 0 Å². The van der Waals surface area contributed by atoms with Gasteiger partial charge in [-0.1, -0.05) is 0 Å². The molecule has 2 heteroatoms. The van der Waals surface area contributed by atoms with Crippen LogP contribution >= 0.6 is 0 Å². The van der Waals surface area contributed by atoms with E-state index in [0.29, 0.717) is 22.3 Å². The number of carbonyl (C=O) groups is 2. The zero-order chi connectivity index (χ0) is 16.3. The smallest absolute Gasteiger partial charge is 0.194 e. The molecule has 0 heterocycles. The number of fused-ring (bicyclic) bond motifs is 2. The Bertz CT molecular complexity index is 797. The molecule has 2 aromatic rings. The molecule has 0 spiro atoms. The van der Waals surface area contributed by atoms with Crippen molar-refractivity contribution in [3.05, 3.63) is 67.8 Å². The highest BCUT2D eigenvalue weighted by Crippen LogP contribution is 2.35. The van der Waals surface area contributed by atoms with Crippen LogP contribution in [0.3, 0.4) is 0 Å². The summed E-state index contributed by atoms with van der Waals surface area (Å²) in [7, 11) is 0. The van der Waals surface area contributed by atoms with Crippen molar-refractivity contribution < 1.29 is 9.59 Å². The molecule has 2 nitrogen and oxygen atoms in total. The van der Waals surface area contributed by atoms with E-state index in [4.69, 9.17) is 0 Å².